The van der Waals surface area contributed by atoms with E-state index in [4.69, 9.17) is 5.73 Å². The highest BCUT2D eigenvalue weighted by molar-refractivity contribution is 6.01. The van der Waals surface area contributed by atoms with Crippen LogP contribution in [0.2, 0.25) is 0 Å². The van der Waals surface area contributed by atoms with E-state index in [2.05, 4.69) is 4.98 Å². The largest absolute Gasteiger partial charge is 0.383 e. The van der Waals surface area contributed by atoms with Crippen LogP contribution < -0.4 is 21.9 Å². The van der Waals surface area contributed by atoms with Crippen LogP contribution in [-0.4, -0.2) is 15.5 Å². The molecule has 4 rings (SSSR count). The predicted octanol–water partition coefficient (Wildman–Crippen LogP) is 4.28. The van der Waals surface area contributed by atoms with Gasteiger partial charge in [-0.2, -0.15) is 0 Å². The minimum Gasteiger partial charge on any atom is -0.383 e. The van der Waals surface area contributed by atoms with E-state index in [0.717, 1.165) is 23.1 Å². The molecule has 0 unspecified atom stereocenters. The smallest absolute Gasteiger partial charge is 0.330 e. The molecule has 0 fully saturated rings. The number of nitrogens with two attached hydrogens (primary N) is 1. The summed E-state index contributed by atoms with van der Waals surface area (Å²) in [6, 6.07) is 28.3. The Kier molecular flexibility index (Phi) is 7.80. The number of nitrogens with one attached hydrogen (secondary N) is 1. The molecule has 3 N–H and O–H groups in total. The molecular weight excluding hydrogens is 452 g/mol. The van der Waals surface area contributed by atoms with E-state index in [-0.39, 0.29) is 24.0 Å². The Bertz CT molecular complexity index is 1370. The number of H-pyrrole nitrogens is 1. The van der Waals surface area contributed by atoms with Gasteiger partial charge in [-0.3, -0.25) is 24.0 Å². The third kappa shape index (κ3) is 5.30. The van der Waals surface area contributed by atoms with Crippen LogP contribution >= 0.6 is 0 Å². The van der Waals surface area contributed by atoms with Crippen molar-refractivity contribution in [2.24, 2.45) is 0 Å². The van der Waals surface area contributed by atoms with E-state index >= 15 is 0 Å². The Hall–Kier alpha value is -4.39. The molecule has 0 saturated carbocycles. The van der Waals surface area contributed by atoms with Crippen LogP contribution in [0.5, 0.6) is 0 Å². The number of carbonyl (C=O) groups is 1. The fourth-order valence-corrected chi connectivity index (χ4v) is 4.33. The zero-order valence-corrected chi connectivity index (χ0v) is 20.3. The van der Waals surface area contributed by atoms with E-state index in [0.29, 0.717) is 13.0 Å². The van der Waals surface area contributed by atoms with Gasteiger partial charge < -0.3 is 5.73 Å². The fraction of sp³-hybridized carbons (Fsp3) is 0.207. The Morgan fingerprint density at radius 2 is 1.42 bits per heavy atom. The Morgan fingerprint density at radius 3 is 1.94 bits per heavy atom. The highest BCUT2D eigenvalue weighted by atomic mass is 16.2. The molecule has 7 nitrogen and oxygen atoms in total. The number of carbonyl (C=O) groups excluding carboxylic acids is 1. The van der Waals surface area contributed by atoms with Crippen LogP contribution in [0.25, 0.3) is 0 Å². The first-order valence-electron chi connectivity index (χ1n) is 12.1. The Morgan fingerprint density at radius 1 is 0.889 bits per heavy atom. The number of hydrogen-bond acceptors (Lipinski definition) is 4. The molecule has 0 atom stereocenters. The minimum absolute atomic E-state index is 0.0126. The van der Waals surface area contributed by atoms with E-state index in [9.17, 15) is 14.4 Å². The summed E-state index contributed by atoms with van der Waals surface area (Å²) >= 11 is 0. The average Bonchev–Trinajstić information content (AvgIpc) is 2.90. The monoisotopic (exact) mass is 482 g/mol. The zero-order chi connectivity index (χ0) is 25.5. The molecule has 0 saturated heterocycles. The van der Waals surface area contributed by atoms with E-state index in [1.807, 2.05) is 97.9 Å². The molecule has 7 heteroatoms. The van der Waals surface area contributed by atoms with Crippen molar-refractivity contribution in [1.29, 1.82) is 0 Å². The molecule has 1 amide bonds. The van der Waals surface area contributed by atoms with Crippen LogP contribution in [0.4, 0.5) is 11.5 Å². The molecule has 1 heterocycles. The molecular formula is C29H30N4O3. The van der Waals surface area contributed by atoms with Crippen molar-refractivity contribution in [2.45, 2.75) is 38.8 Å². The quantitative estimate of drug-likeness (QED) is 0.372. The summed E-state index contributed by atoms with van der Waals surface area (Å²) in [5, 5.41) is 0. The average molecular weight is 483 g/mol. The van der Waals surface area contributed by atoms with Gasteiger partial charge in [0, 0.05) is 6.54 Å². The van der Waals surface area contributed by atoms with Gasteiger partial charge in [0.15, 0.2) is 5.69 Å². The van der Waals surface area contributed by atoms with Crippen molar-refractivity contribution in [1.82, 2.24) is 9.55 Å². The normalized spacial score (nSPS) is 10.9. The van der Waals surface area contributed by atoms with Gasteiger partial charge in [0.05, 0.1) is 12.5 Å². The summed E-state index contributed by atoms with van der Waals surface area (Å²) < 4.78 is 1.34. The van der Waals surface area contributed by atoms with Crippen LogP contribution in [0.15, 0.2) is 101 Å². The lowest BCUT2D eigenvalue weighted by Crippen LogP contribution is -2.43. The van der Waals surface area contributed by atoms with Gasteiger partial charge in [-0.15, -0.1) is 0 Å². The van der Waals surface area contributed by atoms with Gasteiger partial charge in [-0.25, -0.2) is 4.79 Å². The molecule has 0 aliphatic heterocycles. The molecule has 36 heavy (non-hydrogen) atoms. The molecule has 0 aliphatic carbocycles. The van der Waals surface area contributed by atoms with Crippen molar-refractivity contribution < 1.29 is 4.79 Å². The molecule has 0 spiro atoms. The van der Waals surface area contributed by atoms with E-state index < -0.39 is 17.2 Å². The van der Waals surface area contributed by atoms with Gasteiger partial charge in [-0.05, 0) is 23.1 Å². The van der Waals surface area contributed by atoms with Crippen LogP contribution in [-0.2, 0) is 17.9 Å². The zero-order valence-electron chi connectivity index (χ0n) is 20.3. The molecule has 4 aromatic rings. The van der Waals surface area contributed by atoms with Crippen molar-refractivity contribution >= 4 is 17.4 Å². The lowest BCUT2D eigenvalue weighted by molar-refractivity contribution is -0.119. The SMILES string of the molecule is CCCCn1c(N)c(N(Cc2ccccc2)C(=O)C(c2ccccc2)c2ccccc2)c(=O)[nH]c1=O. The van der Waals surface area contributed by atoms with E-state index in [1.165, 1.54) is 9.47 Å². The molecule has 184 valence electrons. The molecule has 0 bridgehead atoms. The Labute approximate surface area is 209 Å². The van der Waals surface area contributed by atoms with Gasteiger partial charge in [0.1, 0.15) is 5.82 Å². The number of aromatic amines is 1. The number of nitrogens with zero attached hydrogens (tertiary/aromatic N) is 2. The first-order chi connectivity index (χ1) is 17.5. The maximum absolute atomic E-state index is 14.4. The van der Waals surface area contributed by atoms with Crippen molar-refractivity contribution in [3.63, 3.8) is 0 Å². The lowest BCUT2D eigenvalue weighted by Gasteiger charge is -2.29. The highest BCUT2D eigenvalue weighted by Crippen LogP contribution is 2.31. The predicted molar refractivity (Wildman–Crippen MR) is 143 cm³/mol. The highest BCUT2D eigenvalue weighted by Gasteiger charge is 2.32. The van der Waals surface area contributed by atoms with Gasteiger partial charge in [-0.1, -0.05) is 104 Å². The van der Waals surface area contributed by atoms with Crippen molar-refractivity contribution in [2.75, 3.05) is 10.6 Å². The second kappa shape index (κ2) is 11.4. The van der Waals surface area contributed by atoms with Gasteiger partial charge in [0.25, 0.3) is 5.56 Å². The third-order valence-electron chi connectivity index (χ3n) is 6.18. The van der Waals surface area contributed by atoms with Gasteiger partial charge in [0.2, 0.25) is 5.91 Å². The first-order valence-corrected chi connectivity index (χ1v) is 12.1. The minimum atomic E-state index is -0.686. The molecule has 0 aliphatic rings. The summed E-state index contributed by atoms with van der Waals surface area (Å²) in [5.41, 5.74) is 7.58. The van der Waals surface area contributed by atoms with Crippen LogP contribution in [0, 0.1) is 0 Å². The van der Waals surface area contributed by atoms with Gasteiger partial charge >= 0.3 is 5.69 Å². The second-order valence-electron chi connectivity index (χ2n) is 8.66. The molecule has 3 aromatic carbocycles. The number of hydrogen-bond donors (Lipinski definition) is 2. The fourth-order valence-electron chi connectivity index (χ4n) is 4.33. The third-order valence-corrected chi connectivity index (χ3v) is 6.18. The Balaban J connectivity index is 1.90. The summed E-state index contributed by atoms with van der Waals surface area (Å²) in [6.07, 6.45) is 1.55. The number of amides is 1. The first kappa shape index (κ1) is 24.7. The van der Waals surface area contributed by atoms with Crippen molar-refractivity contribution in [3.8, 4) is 0 Å². The number of aromatic nitrogens is 2. The summed E-state index contributed by atoms with van der Waals surface area (Å²) in [6.45, 7) is 2.47. The number of rotatable bonds is 9. The summed E-state index contributed by atoms with van der Waals surface area (Å²) in [7, 11) is 0. The number of nitrogen functional groups attached to an aromatic ring is 1. The standard InChI is InChI=1S/C29H30N4O3/c1-2-3-19-32-26(30)25(27(34)31-29(32)36)33(20-21-13-7-4-8-14-21)28(35)24(22-15-9-5-10-16-22)23-17-11-6-12-18-23/h4-18,24H,2-3,19-20,30H2,1H3,(H,31,34,36). The number of benzene rings is 3. The topological polar surface area (TPSA) is 101 Å². The number of anilines is 2. The van der Waals surface area contributed by atoms with E-state index in [1.54, 1.807) is 0 Å². The molecule has 0 radical (unpaired) electrons. The van der Waals surface area contributed by atoms with Crippen molar-refractivity contribution in [3.05, 3.63) is 129 Å². The maximum Gasteiger partial charge on any atom is 0.330 e. The second-order valence-corrected chi connectivity index (χ2v) is 8.66. The summed E-state index contributed by atoms with van der Waals surface area (Å²) in [4.78, 5) is 43.9. The maximum atomic E-state index is 14.4. The van der Waals surface area contributed by atoms with Crippen LogP contribution in [0.1, 0.15) is 42.4 Å². The van der Waals surface area contributed by atoms with Crippen LogP contribution in [0.3, 0.4) is 0 Å². The molecule has 1 aromatic heterocycles. The number of unbranched alkanes of at least 4 members (excludes halogenated alkanes) is 1. The summed E-state index contributed by atoms with van der Waals surface area (Å²) in [5.74, 6) is -0.999. The lowest BCUT2D eigenvalue weighted by atomic mass is 9.89.